The first-order chi connectivity index (χ1) is 2.56. The summed E-state index contributed by atoms with van der Waals surface area (Å²) in [5.41, 5.74) is 0. The first-order valence-electron chi connectivity index (χ1n) is 1.21. The van der Waals surface area contributed by atoms with Crippen LogP contribution < -0.4 is 0 Å². The molecule has 2 nitrogen and oxygen atoms in total. The van der Waals surface area contributed by atoms with Gasteiger partial charge in [-0.25, -0.2) is 0 Å². The maximum atomic E-state index is 10.8. The molecule has 0 unspecified atom stereocenters. The molecule has 0 aromatic heterocycles. The lowest BCUT2D eigenvalue weighted by Gasteiger charge is -2.00. The number of aliphatic hydroxyl groups is 1. The Labute approximate surface area is 33.3 Å². The highest BCUT2D eigenvalue weighted by atomic mass is 19.3. The van der Waals surface area contributed by atoms with E-state index in [0.29, 0.717) is 7.11 Å². The monoisotopic (exact) mass is 98.0 g/mol. The molecule has 0 heterocycles. The second-order valence-corrected chi connectivity index (χ2v) is 0.690. The lowest BCUT2D eigenvalue weighted by molar-refractivity contribution is -0.360. The Morgan fingerprint density at radius 1 is 1.67 bits per heavy atom. The van der Waals surface area contributed by atoms with E-state index in [-0.39, 0.29) is 0 Å². The fourth-order valence-electron chi connectivity index (χ4n) is 0. The number of halogens is 2. The quantitative estimate of drug-likeness (QED) is 0.474. The molecule has 0 aliphatic carbocycles. The molecule has 0 aromatic rings. The van der Waals surface area contributed by atoms with Crippen molar-refractivity contribution in [3.63, 3.8) is 0 Å². The first kappa shape index (κ1) is 5.78. The molecule has 0 aliphatic rings. The van der Waals surface area contributed by atoms with Gasteiger partial charge in [-0.15, -0.1) is 8.78 Å². The number of hydrogen-bond acceptors (Lipinski definition) is 2. The van der Waals surface area contributed by atoms with E-state index in [9.17, 15) is 8.78 Å². The molecule has 0 atom stereocenters. The van der Waals surface area contributed by atoms with Crippen LogP contribution in [0.3, 0.4) is 0 Å². The molecular weight excluding hydrogens is 94.0 g/mol. The van der Waals surface area contributed by atoms with Gasteiger partial charge in [-0.1, -0.05) is 0 Å². The Morgan fingerprint density at radius 2 is 1.83 bits per heavy atom. The standard InChI is InChI=1S/C2H4F2O2/c1-6-2(3,4)5/h5H,1H3. The van der Waals surface area contributed by atoms with Gasteiger partial charge in [0.25, 0.3) is 0 Å². The maximum Gasteiger partial charge on any atom is 0.482 e. The van der Waals surface area contributed by atoms with Crippen LogP contribution in [0.15, 0.2) is 0 Å². The fraction of sp³-hybridized carbons (Fsp3) is 1.00. The van der Waals surface area contributed by atoms with Crippen molar-refractivity contribution < 1.29 is 18.6 Å². The molecule has 0 radical (unpaired) electrons. The summed E-state index contributed by atoms with van der Waals surface area (Å²) in [5.74, 6) is 0. The molecule has 0 aromatic carbocycles. The van der Waals surface area contributed by atoms with Gasteiger partial charge in [0.1, 0.15) is 0 Å². The molecule has 1 N–H and O–H groups in total. The number of alkyl halides is 2. The Morgan fingerprint density at radius 3 is 1.83 bits per heavy atom. The van der Waals surface area contributed by atoms with Gasteiger partial charge in [0.05, 0.1) is 0 Å². The Balaban J connectivity index is 3.17. The van der Waals surface area contributed by atoms with Crippen LogP contribution in [-0.4, -0.2) is 18.5 Å². The van der Waals surface area contributed by atoms with E-state index in [2.05, 4.69) is 4.74 Å². The molecule has 6 heavy (non-hydrogen) atoms. The Kier molecular flexibility index (Phi) is 1.43. The first-order valence-corrected chi connectivity index (χ1v) is 1.21. The van der Waals surface area contributed by atoms with Crippen LogP contribution in [0.5, 0.6) is 0 Å². The summed E-state index contributed by atoms with van der Waals surface area (Å²) >= 11 is 0. The van der Waals surface area contributed by atoms with Gasteiger partial charge in [0, 0.05) is 7.11 Å². The highest BCUT2D eigenvalue weighted by Crippen LogP contribution is 2.05. The highest BCUT2D eigenvalue weighted by Gasteiger charge is 2.21. The molecule has 0 spiro atoms. The van der Waals surface area contributed by atoms with Crippen molar-refractivity contribution in [2.75, 3.05) is 7.11 Å². The molecular formula is C2H4F2O2. The second-order valence-electron chi connectivity index (χ2n) is 0.690. The average molecular weight is 98.0 g/mol. The molecule has 0 saturated carbocycles. The largest absolute Gasteiger partial charge is 0.482 e. The normalized spacial score (nSPS) is 12.0. The van der Waals surface area contributed by atoms with Gasteiger partial charge in [-0.3, -0.25) is 4.74 Å². The maximum absolute atomic E-state index is 10.8. The van der Waals surface area contributed by atoms with Gasteiger partial charge in [0.2, 0.25) is 0 Å². The van der Waals surface area contributed by atoms with Crippen LogP contribution in [0.1, 0.15) is 0 Å². The smallest absolute Gasteiger partial charge is 0.311 e. The van der Waals surface area contributed by atoms with E-state index in [1.807, 2.05) is 0 Å². The van der Waals surface area contributed by atoms with Crippen molar-refractivity contribution in [1.82, 2.24) is 0 Å². The zero-order chi connectivity index (χ0) is 5.21. The molecule has 0 bridgehead atoms. The summed E-state index contributed by atoms with van der Waals surface area (Å²) in [6.07, 6.45) is -3.96. The highest BCUT2D eigenvalue weighted by molar-refractivity contribution is 4.13. The summed E-state index contributed by atoms with van der Waals surface area (Å²) in [5, 5.41) is 7.27. The third kappa shape index (κ3) is 3.78. The minimum absolute atomic E-state index is 0.708. The molecule has 0 rings (SSSR count). The second kappa shape index (κ2) is 1.49. The van der Waals surface area contributed by atoms with Crippen molar-refractivity contribution >= 4 is 0 Å². The van der Waals surface area contributed by atoms with Crippen molar-refractivity contribution in [3.05, 3.63) is 0 Å². The lowest BCUT2D eigenvalue weighted by atomic mass is 11.3. The van der Waals surface area contributed by atoms with E-state index in [1.54, 1.807) is 0 Å². The molecule has 0 amide bonds. The number of rotatable bonds is 1. The summed E-state index contributed by atoms with van der Waals surface area (Å²) in [4.78, 5) is 0. The predicted molar refractivity (Wildman–Crippen MR) is 14.2 cm³/mol. The lowest BCUT2D eigenvalue weighted by Crippen LogP contribution is -2.15. The van der Waals surface area contributed by atoms with E-state index < -0.39 is 6.29 Å². The summed E-state index contributed by atoms with van der Waals surface area (Å²) in [6, 6.07) is 0. The molecule has 0 aliphatic heterocycles. The van der Waals surface area contributed by atoms with Crippen LogP contribution in [-0.2, 0) is 4.74 Å². The number of ether oxygens (including phenoxy) is 1. The van der Waals surface area contributed by atoms with E-state index >= 15 is 0 Å². The van der Waals surface area contributed by atoms with Crippen LogP contribution in [0.25, 0.3) is 0 Å². The molecule has 4 heteroatoms. The van der Waals surface area contributed by atoms with Gasteiger partial charge in [-0.2, -0.15) is 0 Å². The third-order valence-corrected chi connectivity index (χ3v) is 0.246. The van der Waals surface area contributed by atoms with Crippen LogP contribution in [0, 0.1) is 0 Å². The summed E-state index contributed by atoms with van der Waals surface area (Å²) < 4.78 is 24.7. The van der Waals surface area contributed by atoms with E-state index in [4.69, 9.17) is 5.11 Å². The van der Waals surface area contributed by atoms with Crippen molar-refractivity contribution in [2.24, 2.45) is 0 Å². The topological polar surface area (TPSA) is 29.5 Å². The zero-order valence-electron chi connectivity index (χ0n) is 3.11. The van der Waals surface area contributed by atoms with Gasteiger partial charge < -0.3 is 5.11 Å². The SMILES string of the molecule is COC(O)(F)F. The Bertz CT molecular complexity index is 39.3. The van der Waals surface area contributed by atoms with E-state index in [1.165, 1.54) is 0 Å². The number of hydrogen-bond donors (Lipinski definition) is 1. The fourth-order valence-corrected chi connectivity index (χ4v) is 0. The van der Waals surface area contributed by atoms with Gasteiger partial charge in [-0.05, 0) is 0 Å². The predicted octanol–water partition coefficient (Wildman–Crippen LogP) is 0.175. The molecule has 0 saturated heterocycles. The summed E-state index contributed by atoms with van der Waals surface area (Å²) in [7, 11) is 0.708. The van der Waals surface area contributed by atoms with E-state index in [0.717, 1.165) is 0 Å². The minimum Gasteiger partial charge on any atom is -0.311 e. The molecule has 0 fully saturated rings. The minimum atomic E-state index is -3.96. The average Bonchev–Trinajstić information content (AvgIpc) is 1.35. The Hall–Kier alpha value is -0.220. The van der Waals surface area contributed by atoms with Crippen LogP contribution in [0.2, 0.25) is 0 Å². The van der Waals surface area contributed by atoms with Gasteiger partial charge >= 0.3 is 6.29 Å². The number of methoxy groups -OCH3 is 1. The van der Waals surface area contributed by atoms with Gasteiger partial charge in [0.15, 0.2) is 0 Å². The van der Waals surface area contributed by atoms with Crippen molar-refractivity contribution in [1.29, 1.82) is 0 Å². The molecule has 38 valence electrons. The van der Waals surface area contributed by atoms with Crippen LogP contribution in [0.4, 0.5) is 8.78 Å². The van der Waals surface area contributed by atoms with Crippen molar-refractivity contribution in [2.45, 2.75) is 6.29 Å². The third-order valence-electron chi connectivity index (χ3n) is 0.246. The van der Waals surface area contributed by atoms with Crippen molar-refractivity contribution in [3.8, 4) is 0 Å². The summed E-state index contributed by atoms with van der Waals surface area (Å²) in [6.45, 7) is 0. The zero-order valence-corrected chi connectivity index (χ0v) is 3.11. The van der Waals surface area contributed by atoms with Crippen LogP contribution >= 0.6 is 0 Å².